The van der Waals surface area contributed by atoms with Crippen molar-refractivity contribution in [1.29, 1.82) is 0 Å². The Morgan fingerprint density at radius 3 is 1.57 bits per heavy atom. The molecule has 0 saturated heterocycles. The smallest absolute Gasteiger partial charge is 0.408 e. The molecule has 0 amide bonds. The normalized spacial score (nSPS) is 11.3. The van der Waals surface area contributed by atoms with Gasteiger partial charge in [0.2, 0.25) is 13.6 Å². The van der Waals surface area contributed by atoms with E-state index in [0.717, 1.165) is 38.5 Å². The lowest BCUT2D eigenvalue weighted by Crippen LogP contribution is -2.14. The molecule has 0 radical (unpaired) electrons. The van der Waals surface area contributed by atoms with Crippen LogP contribution in [0.2, 0.25) is 0 Å². The molecular weight excluding hydrogens is 325 g/mol. The monoisotopic (exact) mass is 353 g/mol. The van der Waals surface area contributed by atoms with Crippen molar-refractivity contribution >= 4 is 19.7 Å². The number of unbranched alkanes of at least 4 members (excludes halogenated alkanes) is 4. The van der Waals surface area contributed by atoms with Crippen molar-refractivity contribution in [2.45, 2.75) is 65.2 Å². The summed E-state index contributed by atoms with van der Waals surface area (Å²) in [6.07, 6.45) is 5.82. The van der Waals surface area contributed by atoms with Crippen LogP contribution in [-0.4, -0.2) is 25.5 Å². The first-order valence-electron chi connectivity index (χ1n) is 7.90. The van der Waals surface area contributed by atoms with Gasteiger partial charge in [0, 0.05) is 12.8 Å². The largest absolute Gasteiger partial charge is 0.438 e. The van der Waals surface area contributed by atoms with Crippen molar-refractivity contribution in [3.63, 3.8) is 0 Å². The second-order valence-electron chi connectivity index (χ2n) is 4.98. The summed E-state index contributed by atoms with van der Waals surface area (Å²) in [4.78, 5) is 22.6. The number of carbonyl (C=O) groups is 2. The first kappa shape index (κ1) is 22.1. The van der Waals surface area contributed by atoms with Gasteiger partial charge in [0.15, 0.2) is 0 Å². The summed E-state index contributed by atoms with van der Waals surface area (Å²) in [5, 5.41) is 0. The highest BCUT2D eigenvalue weighted by atomic mass is 31.2. The molecule has 0 bridgehead atoms. The van der Waals surface area contributed by atoms with E-state index in [1.165, 1.54) is 0 Å². The van der Waals surface area contributed by atoms with E-state index in [-0.39, 0.29) is 12.8 Å². The van der Waals surface area contributed by atoms with Crippen LogP contribution in [0.1, 0.15) is 65.2 Å². The third-order valence-electron chi connectivity index (χ3n) is 2.87. The van der Waals surface area contributed by atoms with Crippen molar-refractivity contribution in [2.75, 3.05) is 13.6 Å². The van der Waals surface area contributed by atoms with Crippen LogP contribution in [0.5, 0.6) is 0 Å². The highest BCUT2D eigenvalue weighted by Crippen LogP contribution is 2.38. The minimum atomic E-state index is -3.92. The zero-order valence-corrected chi connectivity index (χ0v) is 14.8. The average Bonchev–Trinajstić information content (AvgIpc) is 2.47. The van der Waals surface area contributed by atoms with Gasteiger partial charge in [0.1, 0.15) is 0 Å². The molecule has 0 aliphatic carbocycles. The SMILES string of the molecule is CCCCCC(=O)OCOP(N)(=O)OCOC(=O)CCCCC. The van der Waals surface area contributed by atoms with Crippen LogP contribution in [0.3, 0.4) is 0 Å². The Kier molecular flexibility index (Phi) is 12.9. The number of hydrogen-bond acceptors (Lipinski definition) is 7. The Bertz CT molecular complexity index is 357. The summed E-state index contributed by atoms with van der Waals surface area (Å²) >= 11 is 0. The molecule has 23 heavy (non-hydrogen) atoms. The fourth-order valence-electron chi connectivity index (χ4n) is 1.55. The topological polar surface area (TPSA) is 114 Å². The fourth-order valence-corrected chi connectivity index (χ4v) is 2.03. The Balaban J connectivity index is 3.73. The zero-order chi connectivity index (χ0) is 17.6. The Morgan fingerprint density at radius 2 is 1.22 bits per heavy atom. The van der Waals surface area contributed by atoms with E-state index >= 15 is 0 Å². The highest BCUT2D eigenvalue weighted by Gasteiger charge is 2.20. The molecule has 136 valence electrons. The molecule has 0 heterocycles. The van der Waals surface area contributed by atoms with Crippen molar-refractivity contribution in [1.82, 2.24) is 0 Å². The van der Waals surface area contributed by atoms with E-state index < -0.39 is 33.3 Å². The van der Waals surface area contributed by atoms with Gasteiger partial charge in [-0.25, -0.2) is 10.1 Å². The van der Waals surface area contributed by atoms with Gasteiger partial charge in [-0.15, -0.1) is 0 Å². The summed E-state index contributed by atoms with van der Waals surface area (Å²) < 4.78 is 30.4. The van der Waals surface area contributed by atoms with Crippen LogP contribution in [-0.2, 0) is 32.7 Å². The molecule has 0 unspecified atom stereocenters. The summed E-state index contributed by atoms with van der Waals surface area (Å²) in [5.41, 5.74) is 5.26. The molecule has 0 rings (SSSR count). The van der Waals surface area contributed by atoms with Gasteiger partial charge in [-0.1, -0.05) is 39.5 Å². The molecule has 0 saturated carbocycles. The van der Waals surface area contributed by atoms with Crippen LogP contribution in [0.15, 0.2) is 0 Å². The Labute approximate surface area is 137 Å². The lowest BCUT2D eigenvalue weighted by atomic mass is 10.2. The summed E-state index contributed by atoms with van der Waals surface area (Å²) in [5.74, 6) is -0.915. The lowest BCUT2D eigenvalue weighted by molar-refractivity contribution is -0.152. The van der Waals surface area contributed by atoms with Gasteiger partial charge in [-0.05, 0) is 12.8 Å². The van der Waals surface area contributed by atoms with Crippen LogP contribution < -0.4 is 5.50 Å². The third-order valence-corrected chi connectivity index (χ3v) is 3.80. The van der Waals surface area contributed by atoms with Crippen LogP contribution >= 0.6 is 7.75 Å². The third kappa shape index (κ3) is 14.4. The van der Waals surface area contributed by atoms with Gasteiger partial charge in [0.05, 0.1) is 0 Å². The second-order valence-corrected chi connectivity index (χ2v) is 6.58. The summed E-state index contributed by atoms with van der Waals surface area (Å²) in [7, 11) is -3.92. The van der Waals surface area contributed by atoms with Gasteiger partial charge in [-0.3, -0.25) is 18.6 Å². The molecule has 8 nitrogen and oxygen atoms in total. The first-order valence-corrected chi connectivity index (χ1v) is 9.51. The minimum Gasteiger partial charge on any atom is -0.438 e. The predicted molar refractivity (Wildman–Crippen MR) is 84.2 cm³/mol. The second kappa shape index (κ2) is 13.5. The molecule has 0 atom stereocenters. The average molecular weight is 353 g/mol. The van der Waals surface area contributed by atoms with Crippen molar-refractivity contribution in [3.8, 4) is 0 Å². The van der Waals surface area contributed by atoms with E-state index in [1.807, 2.05) is 13.8 Å². The predicted octanol–water partition coefficient (Wildman–Crippen LogP) is 3.25. The molecule has 0 spiro atoms. The van der Waals surface area contributed by atoms with Gasteiger partial charge >= 0.3 is 19.7 Å². The van der Waals surface area contributed by atoms with E-state index in [9.17, 15) is 14.2 Å². The molecule has 0 aromatic carbocycles. The maximum atomic E-state index is 11.6. The molecule has 0 fully saturated rings. The number of nitrogens with two attached hydrogens (primary N) is 1. The standard InChI is InChI=1S/C14H28NO7P/c1-3-5-7-9-13(16)19-11-21-23(15,18)22-12-20-14(17)10-8-6-4-2/h3-12H2,1-2H3,(H2,15,18). The molecular formula is C14H28NO7P. The first-order chi connectivity index (χ1) is 10.9. The maximum absolute atomic E-state index is 11.6. The molecule has 9 heteroatoms. The van der Waals surface area contributed by atoms with E-state index in [0.29, 0.717) is 0 Å². The Morgan fingerprint density at radius 1 is 0.826 bits per heavy atom. The zero-order valence-electron chi connectivity index (χ0n) is 14.0. The lowest BCUT2D eigenvalue weighted by Gasteiger charge is -2.13. The number of rotatable bonds is 14. The van der Waals surface area contributed by atoms with Gasteiger partial charge < -0.3 is 9.47 Å². The highest BCUT2D eigenvalue weighted by molar-refractivity contribution is 7.51. The molecule has 0 aromatic heterocycles. The van der Waals surface area contributed by atoms with Crippen molar-refractivity contribution < 1.29 is 32.7 Å². The molecule has 2 N–H and O–H groups in total. The molecule has 0 aliphatic rings. The molecule has 0 aromatic rings. The molecule has 0 aliphatic heterocycles. The number of esters is 2. The van der Waals surface area contributed by atoms with Crippen LogP contribution in [0.25, 0.3) is 0 Å². The quantitative estimate of drug-likeness (QED) is 0.219. The summed E-state index contributed by atoms with van der Waals surface area (Å²) in [6.45, 7) is 2.91. The van der Waals surface area contributed by atoms with Crippen LogP contribution in [0, 0.1) is 0 Å². The Hall–Kier alpha value is -0.950. The van der Waals surface area contributed by atoms with E-state index in [1.54, 1.807) is 0 Å². The van der Waals surface area contributed by atoms with Gasteiger partial charge in [0.25, 0.3) is 0 Å². The fraction of sp³-hybridized carbons (Fsp3) is 0.857. The minimum absolute atomic E-state index is 0.266. The summed E-state index contributed by atoms with van der Waals surface area (Å²) in [6, 6.07) is 0. The van der Waals surface area contributed by atoms with Crippen molar-refractivity contribution in [3.05, 3.63) is 0 Å². The number of hydrogen-bond donors (Lipinski definition) is 1. The maximum Gasteiger partial charge on any atom is 0.408 e. The van der Waals surface area contributed by atoms with Gasteiger partial charge in [-0.2, -0.15) is 0 Å². The van der Waals surface area contributed by atoms with E-state index in [4.69, 9.17) is 15.0 Å². The van der Waals surface area contributed by atoms with Crippen molar-refractivity contribution in [2.24, 2.45) is 5.50 Å². The van der Waals surface area contributed by atoms with E-state index in [2.05, 4.69) is 9.05 Å². The number of carbonyl (C=O) groups excluding carboxylic acids is 2. The van der Waals surface area contributed by atoms with Crippen LogP contribution in [0.4, 0.5) is 0 Å². The number of ether oxygens (including phenoxy) is 2.